The van der Waals surface area contributed by atoms with Gasteiger partial charge in [-0.05, 0) is 42.8 Å². The Balaban J connectivity index is 1.51. The van der Waals surface area contributed by atoms with Gasteiger partial charge in [-0.15, -0.1) is 0 Å². The average molecular weight is 362 g/mol. The number of para-hydroxylation sites is 2. The molecule has 1 heterocycles. The molecule has 0 aromatic heterocycles. The van der Waals surface area contributed by atoms with Crippen LogP contribution in [0.5, 0.6) is 17.2 Å². The van der Waals surface area contributed by atoms with Crippen molar-refractivity contribution in [1.29, 1.82) is 0 Å². The number of hydrogen-bond acceptors (Lipinski definition) is 4. The summed E-state index contributed by atoms with van der Waals surface area (Å²) in [4.78, 5) is 13.9. The summed E-state index contributed by atoms with van der Waals surface area (Å²) in [6.07, 6.45) is -0.207. The number of rotatable bonds is 5. The molecule has 1 amide bonds. The van der Waals surface area contributed by atoms with E-state index < -0.39 is 0 Å². The largest absolute Gasteiger partial charge is 0.486 e. The van der Waals surface area contributed by atoms with Crippen molar-refractivity contribution < 1.29 is 19.0 Å². The second-order valence-corrected chi connectivity index (χ2v) is 6.41. The lowest BCUT2D eigenvalue weighted by atomic mass is 10.2. The van der Waals surface area contributed by atoms with Gasteiger partial charge in [0.15, 0.2) is 24.2 Å². The molecule has 2 aromatic carbocycles. The molecular formula is C19H20ClNO4. The molecule has 0 spiro atoms. The van der Waals surface area contributed by atoms with Crippen LogP contribution in [0.1, 0.15) is 5.56 Å². The molecule has 0 bridgehead atoms. The molecular weight excluding hydrogens is 342 g/mol. The van der Waals surface area contributed by atoms with Gasteiger partial charge in [-0.1, -0.05) is 23.7 Å². The molecule has 0 saturated carbocycles. The highest BCUT2D eigenvalue weighted by Gasteiger charge is 2.23. The van der Waals surface area contributed by atoms with Gasteiger partial charge >= 0.3 is 0 Å². The molecule has 3 rings (SSSR count). The Morgan fingerprint density at radius 2 is 2.04 bits per heavy atom. The Bertz CT molecular complexity index is 765. The van der Waals surface area contributed by atoms with E-state index in [9.17, 15) is 4.79 Å². The molecule has 1 atom stereocenters. The fourth-order valence-electron chi connectivity index (χ4n) is 2.58. The zero-order valence-corrected chi connectivity index (χ0v) is 15.0. The van der Waals surface area contributed by atoms with E-state index in [2.05, 4.69) is 0 Å². The third-order valence-electron chi connectivity index (χ3n) is 3.96. The summed E-state index contributed by atoms with van der Waals surface area (Å²) in [5.74, 6) is 1.95. The van der Waals surface area contributed by atoms with E-state index in [4.69, 9.17) is 25.8 Å². The molecule has 1 aliphatic rings. The quantitative estimate of drug-likeness (QED) is 0.819. The number of nitrogens with zero attached hydrogens (tertiary/aromatic N) is 1. The fraction of sp³-hybridized carbons (Fsp3) is 0.316. The number of likely N-dealkylation sites (N-methyl/N-ethyl adjacent to an activating group) is 1. The minimum atomic E-state index is -0.207. The first-order chi connectivity index (χ1) is 12.0. The maximum atomic E-state index is 12.3. The monoisotopic (exact) mass is 361 g/mol. The standard InChI is InChI=1S/C19H20ClNO4/c1-13-9-14(20)7-8-16(13)24-12-19(22)21(2)10-15-11-23-17-5-3-4-6-18(17)25-15/h3-9,15H,10-12H2,1-2H3. The number of benzene rings is 2. The molecule has 6 heteroatoms. The summed E-state index contributed by atoms with van der Waals surface area (Å²) in [7, 11) is 1.73. The van der Waals surface area contributed by atoms with Gasteiger partial charge in [-0.25, -0.2) is 0 Å². The minimum Gasteiger partial charge on any atom is -0.486 e. The zero-order valence-electron chi connectivity index (χ0n) is 14.2. The summed E-state index contributed by atoms with van der Waals surface area (Å²) in [6.45, 7) is 2.69. The number of fused-ring (bicyclic) bond motifs is 1. The van der Waals surface area contributed by atoms with Crippen LogP contribution in [0.2, 0.25) is 5.02 Å². The van der Waals surface area contributed by atoms with Crippen LogP contribution in [-0.4, -0.2) is 43.7 Å². The second-order valence-electron chi connectivity index (χ2n) is 5.97. The summed E-state index contributed by atoms with van der Waals surface area (Å²) in [5, 5.41) is 0.642. The Hall–Kier alpha value is -2.40. The minimum absolute atomic E-state index is 0.0386. The third-order valence-corrected chi connectivity index (χ3v) is 4.19. The Morgan fingerprint density at radius 3 is 2.80 bits per heavy atom. The van der Waals surface area contributed by atoms with Crippen LogP contribution in [0, 0.1) is 6.92 Å². The maximum absolute atomic E-state index is 12.3. The van der Waals surface area contributed by atoms with E-state index >= 15 is 0 Å². The van der Waals surface area contributed by atoms with Gasteiger partial charge in [0.2, 0.25) is 0 Å². The van der Waals surface area contributed by atoms with Crippen LogP contribution in [0.4, 0.5) is 0 Å². The number of hydrogen-bond donors (Lipinski definition) is 0. The van der Waals surface area contributed by atoms with Crippen LogP contribution in [0.3, 0.4) is 0 Å². The normalized spacial score (nSPS) is 15.6. The summed E-state index contributed by atoms with van der Waals surface area (Å²) < 4.78 is 17.1. The number of ether oxygens (including phenoxy) is 3. The van der Waals surface area contributed by atoms with Crippen LogP contribution >= 0.6 is 11.6 Å². The highest BCUT2D eigenvalue weighted by molar-refractivity contribution is 6.30. The number of aryl methyl sites for hydroxylation is 1. The van der Waals surface area contributed by atoms with Gasteiger partial charge in [0.05, 0.1) is 6.54 Å². The summed E-state index contributed by atoms with van der Waals surface area (Å²) >= 11 is 5.92. The first-order valence-corrected chi connectivity index (χ1v) is 8.42. The predicted molar refractivity (Wildman–Crippen MR) is 95.7 cm³/mol. The molecule has 5 nitrogen and oxygen atoms in total. The highest BCUT2D eigenvalue weighted by atomic mass is 35.5. The van der Waals surface area contributed by atoms with Crippen molar-refractivity contribution in [3.8, 4) is 17.2 Å². The molecule has 25 heavy (non-hydrogen) atoms. The summed E-state index contributed by atoms with van der Waals surface area (Å²) in [5.41, 5.74) is 0.892. The molecule has 0 saturated heterocycles. The molecule has 0 fully saturated rings. The number of amides is 1. The van der Waals surface area contributed by atoms with E-state index in [1.54, 1.807) is 30.1 Å². The molecule has 1 aliphatic heterocycles. The maximum Gasteiger partial charge on any atom is 0.260 e. The Labute approximate surface area is 152 Å². The van der Waals surface area contributed by atoms with Crippen molar-refractivity contribution in [3.63, 3.8) is 0 Å². The van der Waals surface area contributed by atoms with Gasteiger partial charge in [0.1, 0.15) is 12.4 Å². The van der Waals surface area contributed by atoms with Gasteiger partial charge in [0.25, 0.3) is 5.91 Å². The van der Waals surface area contributed by atoms with E-state index in [1.165, 1.54) is 0 Å². The van der Waals surface area contributed by atoms with Crippen LogP contribution in [-0.2, 0) is 4.79 Å². The molecule has 0 radical (unpaired) electrons. The molecule has 0 N–H and O–H groups in total. The SMILES string of the molecule is Cc1cc(Cl)ccc1OCC(=O)N(C)CC1COc2ccccc2O1. The van der Waals surface area contributed by atoms with Crippen molar-refractivity contribution in [3.05, 3.63) is 53.1 Å². The van der Waals surface area contributed by atoms with Gasteiger partial charge in [-0.2, -0.15) is 0 Å². The van der Waals surface area contributed by atoms with Gasteiger partial charge < -0.3 is 19.1 Å². The van der Waals surface area contributed by atoms with Crippen molar-refractivity contribution in [2.45, 2.75) is 13.0 Å². The molecule has 0 aliphatic carbocycles. The number of halogens is 1. The van der Waals surface area contributed by atoms with Crippen molar-refractivity contribution >= 4 is 17.5 Å². The average Bonchev–Trinajstić information content (AvgIpc) is 2.60. The first kappa shape index (κ1) is 17.4. The number of carbonyl (C=O) groups is 1. The molecule has 1 unspecified atom stereocenters. The van der Waals surface area contributed by atoms with Gasteiger partial charge in [-0.3, -0.25) is 4.79 Å². The lowest BCUT2D eigenvalue weighted by Gasteiger charge is -2.29. The van der Waals surface area contributed by atoms with E-state index in [-0.39, 0.29) is 18.6 Å². The molecule has 2 aromatic rings. The van der Waals surface area contributed by atoms with E-state index in [0.717, 1.165) is 11.3 Å². The first-order valence-electron chi connectivity index (χ1n) is 8.04. The number of carbonyl (C=O) groups excluding carboxylic acids is 1. The topological polar surface area (TPSA) is 48.0 Å². The predicted octanol–water partition coefficient (Wildman–Crippen LogP) is 3.33. The zero-order chi connectivity index (χ0) is 17.8. The van der Waals surface area contributed by atoms with Crippen LogP contribution in [0.25, 0.3) is 0 Å². The van der Waals surface area contributed by atoms with Gasteiger partial charge in [0, 0.05) is 12.1 Å². The molecule has 132 valence electrons. The fourth-order valence-corrected chi connectivity index (χ4v) is 2.81. The third kappa shape index (κ3) is 4.37. The van der Waals surface area contributed by atoms with Crippen LogP contribution < -0.4 is 14.2 Å². The van der Waals surface area contributed by atoms with Crippen molar-refractivity contribution in [2.24, 2.45) is 0 Å². The van der Waals surface area contributed by atoms with Crippen LogP contribution in [0.15, 0.2) is 42.5 Å². The lowest BCUT2D eigenvalue weighted by molar-refractivity contribution is -0.133. The second kappa shape index (κ2) is 7.66. The van der Waals surface area contributed by atoms with E-state index in [1.807, 2.05) is 31.2 Å². The Kier molecular flexibility index (Phi) is 5.34. The van der Waals surface area contributed by atoms with Crippen molar-refractivity contribution in [2.75, 3.05) is 26.8 Å². The smallest absolute Gasteiger partial charge is 0.260 e. The lowest BCUT2D eigenvalue weighted by Crippen LogP contribution is -2.43. The Morgan fingerprint density at radius 1 is 1.28 bits per heavy atom. The highest BCUT2D eigenvalue weighted by Crippen LogP contribution is 2.31. The van der Waals surface area contributed by atoms with Crippen molar-refractivity contribution in [1.82, 2.24) is 4.90 Å². The van der Waals surface area contributed by atoms with E-state index in [0.29, 0.717) is 29.7 Å². The summed E-state index contributed by atoms with van der Waals surface area (Å²) in [6, 6.07) is 12.8.